The van der Waals surface area contributed by atoms with Gasteiger partial charge in [-0.25, -0.2) is 0 Å². The normalized spacial score (nSPS) is 22.4. The lowest BCUT2D eigenvalue weighted by atomic mass is 9.97. The molecule has 0 unspecified atom stereocenters. The molecule has 1 amide bonds. The molecule has 0 spiro atoms. The predicted octanol–water partition coefficient (Wildman–Crippen LogP) is 2.89. The van der Waals surface area contributed by atoms with E-state index in [0.29, 0.717) is 18.2 Å². The number of ether oxygens (including phenoxy) is 1. The molecule has 1 N–H and O–H groups in total. The minimum Gasteiger partial charge on any atom is -0.495 e. The molecule has 0 aliphatic carbocycles. The zero-order valence-electron chi connectivity index (χ0n) is 15.8. The van der Waals surface area contributed by atoms with Crippen molar-refractivity contribution in [2.45, 2.75) is 51.6 Å². The highest BCUT2D eigenvalue weighted by atomic mass is 16.5. The Morgan fingerprint density at radius 3 is 2.84 bits per heavy atom. The van der Waals surface area contributed by atoms with Gasteiger partial charge in [-0.15, -0.1) is 0 Å². The summed E-state index contributed by atoms with van der Waals surface area (Å²) in [7, 11) is 1.63. The lowest BCUT2D eigenvalue weighted by molar-refractivity contribution is -0.117. The summed E-state index contributed by atoms with van der Waals surface area (Å²) in [4.78, 5) is 17.3. The van der Waals surface area contributed by atoms with E-state index in [1.165, 1.54) is 25.8 Å². The molecule has 2 saturated heterocycles. The Labute approximate surface area is 151 Å². The molecule has 0 aromatic heterocycles. The molecule has 138 valence electrons. The summed E-state index contributed by atoms with van der Waals surface area (Å²) in [6, 6.07) is 7.24. The number of aryl methyl sites for hydroxylation is 1. The van der Waals surface area contributed by atoms with Gasteiger partial charge in [0.2, 0.25) is 5.91 Å². The van der Waals surface area contributed by atoms with E-state index in [0.717, 1.165) is 36.9 Å². The summed E-state index contributed by atoms with van der Waals surface area (Å²) in [5, 5.41) is 2.99. The fraction of sp³-hybridized carbons (Fsp3) is 0.650. The number of likely N-dealkylation sites (tertiary alicyclic amines) is 2. The van der Waals surface area contributed by atoms with Crippen LogP contribution in [-0.2, 0) is 4.79 Å². The van der Waals surface area contributed by atoms with Crippen molar-refractivity contribution in [2.75, 3.05) is 38.6 Å². The van der Waals surface area contributed by atoms with Gasteiger partial charge in [0.1, 0.15) is 5.75 Å². The fourth-order valence-electron chi connectivity index (χ4n) is 3.99. The number of hydrogen-bond acceptors (Lipinski definition) is 4. The Balaban J connectivity index is 1.41. The van der Waals surface area contributed by atoms with Gasteiger partial charge in [0, 0.05) is 38.1 Å². The molecule has 5 nitrogen and oxygen atoms in total. The Morgan fingerprint density at radius 2 is 2.12 bits per heavy atom. The Hall–Kier alpha value is -1.59. The molecular weight excluding hydrogens is 314 g/mol. The van der Waals surface area contributed by atoms with Crippen molar-refractivity contribution in [1.82, 2.24) is 9.80 Å². The van der Waals surface area contributed by atoms with Crippen LogP contribution in [0.15, 0.2) is 18.2 Å². The van der Waals surface area contributed by atoms with Crippen molar-refractivity contribution in [3.8, 4) is 5.75 Å². The van der Waals surface area contributed by atoms with Crippen LogP contribution in [0.1, 0.15) is 38.2 Å². The third-order valence-corrected chi connectivity index (χ3v) is 5.55. The quantitative estimate of drug-likeness (QED) is 0.861. The number of anilines is 1. The van der Waals surface area contributed by atoms with Crippen LogP contribution in [-0.4, -0.2) is 61.1 Å². The summed E-state index contributed by atoms with van der Waals surface area (Å²) in [5.74, 6) is 0.765. The number of amides is 1. The highest BCUT2D eigenvalue weighted by Gasteiger charge is 2.34. The maximum atomic E-state index is 12.3. The first kappa shape index (κ1) is 18.2. The van der Waals surface area contributed by atoms with Crippen molar-refractivity contribution in [3.05, 3.63) is 23.8 Å². The summed E-state index contributed by atoms with van der Waals surface area (Å²) < 4.78 is 5.32. The van der Waals surface area contributed by atoms with Gasteiger partial charge >= 0.3 is 0 Å². The molecule has 2 aliphatic heterocycles. The van der Waals surface area contributed by atoms with Gasteiger partial charge in [0.25, 0.3) is 0 Å². The summed E-state index contributed by atoms with van der Waals surface area (Å²) in [6.45, 7) is 8.64. The van der Waals surface area contributed by atoms with E-state index < -0.39 is 0 Å². The molecule has 2 heterocycles. The second-order valence-corrected chi connectivity index (χ2v) is 7.50. The molecule has 1 aromatic rings. The lowest BCUT2D eigenvalue weighted by Gasteiger charge is -2.49. The maximum Gasteiger partial charge on any atom is 0.225 e. The molecule has 25 heavy (non-hydrogen) atoms. The van der Waals surface area contributed by atoms with E-state index >= 15 is 0 Å². The van der Waals surface area contributed by atoms with Crippen LogP contribution in [0.5, 0.6) is 5.75 Å². The third-order valence-electron chi connectivity index (χ3n) is 5.55. The zero-order chi connectivity index (χ0) is 17.8. The van der Waals surface area contributed by atoms with Crippen LogP contribution in [0.3, 0.4) is 0 Å². The molecule has 1 aromatic carbocycles. The highest BCUT2D eigenvalue weighted by Crippen LogP contribution is 2.26. The lowest BCUT2D eigenvalue weighted by Crippen LogP contribution is -2.62. The number of carbonyl (C=O) groups excluding carboxylic acids is 1. The number of rotatable bonds is 6. The Kier molecular flexibility index (Phi) is 5.97. The van der Waals surface area contributed by atoms with E-state index in [1.54, 1.807) is 7.11 Å². The van der Waals surface area contributed by atoms with Crippen LogP contribution in [0, 0.1) is 6.92 Å². The Morgan fingerprint density at radius 1 is 1.32 bits per heavy atom. The minimum absolute atomic E-state index is 0.0543. The van der Waals surface area contributed by atoms with E-state index in [2.05, 4.69) is 22.0 Å². The summed E-state index contributed by atoms with van der Waals surface area (Å²) >= 11 is 0. The second kappa shape index (κ2) is 8.19. The number of nitrogens with zero attached hydrogens (tertiary/aromatic N) is 2. The van der Waals surface area contributed by atoms with Crippen molar-refractivity contribution in [2.24, 2.45) is 0 Å². The molecule has 2 fully saturated rings. The molecule has 5 heteroatoms. The van der Waals surface area contributed by atoms with Gasteiger partial charge in [-0.2, -0.15) is 0 Å². The monoisotopic (exact) mass is 345 g/mol. The summed E-state index contributed by atoms with van der Waals surface area (Å²) in [6.07, 6.45) is 4.56. The number of methoxy groups -OCH3 is 1. The van der Waals surface area contributed by atoms with Crippen molar-refractivity contribution in [1.29, 1.82) is 0 Å². The fourth-order valence-corrected chi connectivity index (χ4v) is 3.99. The van der Waals surface area contributed by atoms with Crippen LogP contribution < -0.4 is 10.1 Å². The number of carbonyl (C=O) groups is 1. The molecule has 1 atom stereocenters. The summed E-state index contributed by atoms with van der Waals surface area (Å²) in [5.41, 5.74) is 1.87. The third kappa shape index (κ3) is 4.53. The smallest absolute Gasteiger partial charge is 0.225 e. The van der Waals surface area contributed by atoms with Crippen LogP contribution in [0.4, 0.5) is 5.69 Å². The standard InChI is InChI=1S/C20H31N3O2/c1-15-7-8-19(25-3)18(12-15)21-20(24)9-11-22-13-17(14-22)23-10-5-4-6-16(23)2/h7-8,12,16-17H,4-6,9-11,13-14H2,1-3H3,(H,21,24)/t16-/m0/s1. The molecule has 0 bridgehead atoms. The predicted molar refractivity (Wildman–Crippen MR) is 101 cm³/mol. The van der Waals surface area contributed by atoms with Crippen LogP contribution in [0.2, 0.25) is 0 Å². The number of benzene rings is 1. The van der Waals surface area contributed by atoms with E-state index in [-0.39, 0.29) is 5.91 Å². The molecular formula is C20H31N3O2. The van der Waals surface area contributed by atoms with Gasteiger partial charge in [-0.05, 0) is 50.9 Å². The van der Waals surface area contributed by atoms with Crippen LogP contribution in [0.25, 0.3) is 0 Å². The van der Waals surface area contributed by atoms with Crippen molar-refractivity contribution < 1.29 is 9.53 Å². The average Bonchev–Trinajstić information content (AvgIpc) is 2.55. The van der Waals surface area contributed by atoms with Crippen molar-refractivity contribution >= 4 is 11.6 Å². The second-order valence-electron chi connectivity index (χ2n) is 7.50. The van der Waals surface area contributed by atoms with Gasteiger partial charge in [0.05, 0.1) is 12.8 Å². The Bertz CT molecular complexity index is 599. The first-order valence-electron chi connectivity index (χ1n) is 9.49. The largest absolute Gasteiger partial charge is 0.495 e. The van der Waals surface area contributed by atoms with Crippen LogP contribution >= 0.6 is 0 Å². The number of piperidine rings is 1. The topological polar surface area (TPSA) is 44.8 Å². The number of hydrogen-bond donors (Lipinski definition) is 1. The first-order valence-corrected chi connectivity index (χ1v) is 9.49. The van der Waals surface area contributed by atoms with E-state index in [1.807, 2.05) is 25.1 Å². The van der Waals surface area contributed by atoms with Gasteiger partial charge < -0.3 is 10.1 Å². The average molecular weight is 345 g/mol. The molecule has 3 rings (SSSR count). The zero-order valence-corrected chi connectivity index (χ0v) is 15.8. The van der Waals surface area contributed by atoms with E-state index in [9.17, 15) is 4.79 Å². The SMILES string of the molecule is COc1ccc(C)cc1NC(=O)CCN1CC(N2CCCC[C@@H]2C)C1. The first-order chi connectivity index (χ1) is 12.1. The van der Waals surface area contributed by atoms with Gasteiger partial charge in [0.15, 0.2) is 0 Å². The molecule has 2 aliphatic rings. The molecule has 0 radical (unpaired) electrons. The molecule has 0 saturated carbocycles. The maximum absolute atomic E-state index is 12.3. The minimum atomic E-state index is 0.0543. The van der Waals surface area contributed by atoms with Gasteiger partial charge in [-0.3, -0.25) is 14.6 Å². The van der Waals surface area contributed by atoms with E-state index in [4.69, 9.17) is 4.74 Å². The highest BCUT2D eigenvalue weighted by molar-refractivity contribution is 5.92. The van der Waals surface area contributed by atoms with Gasteiger partial charge in [-0.1, -0.05) is 12.5 Å². The number of nitrogens with one attached hydrogen (secondary N) is 1. The van der Waals surface area contributed by atoms with Crippen molar-refractivity contribution in [3.63, 3.8) is 0 Å².